The molecule has 1 N–H and O–H groups in total. The van der Waals surface area contributed by atoms with E-state index in [9.17, 15) is 0 Å². The van der Waals surface area contributed by atoms with Crippen LogP contribution in [0.15, 0.2) is 24.5 Å². The standard InChI is InChI=1S/C14H17Cl2N3/c1-3-5-19-6-4-11(9-19)8-17-13-10(2)7-12(15)18-14(13)16/h4,6-7,9,17H,3,5,8H2,1-2H3. The predicted molar refractivity (Wildman–Crippen MR) is 81.0 cm³/mol. The molecule has 19 heavy (non-hydrogen) atoms. The average molecular weight is 298 g/mol. The third-order valence-electron chi connectivity index (χ3n) is 2.90. The number of aromatic nitrogens is 2. The highest BCUT2D eigenvalue weighted by Gasteiger charge is 2.07. The lowest BCUT2D eigenvalue weighted by molar-refractivity contribution is 0.681. The van der Waals surface area contributed by atoms with E-state index in [0.29, 0.717) is 10.3 Å². The van der Waals surface area contributed by atoms with Crippen molar-refractivity contribution in [2.24, 2.45) is 0 Å². The summed E-state index contributed by atoms with van der Waals surface area (Å²) in [6, 6.07) is 3.91. The predicted octanol–water partition coefficient (Wildman–Crippen LogP) is 4.52. The molecule has 2 heterocycles. The molecule has 0 unspecified atom stereocenters. The Bertz CT molecular complexity index is 541. The summed E-state index contributed by atoms with van der Waals surface area (Å²) >= 11 is 11.9. The number of nitrogens with zero attached hydrogens (tertiary/aromatic N) is 2. The van der Waals surface area contributed by atoms with Crippen LogP contribution in [-0.4, -0.2) is 9.55 Å². The van der Waals surface area contributed by atoms with Crippen molar-refractivity contribution in [1.29, 1.82) is 0 Å². The molecular formula is C14H17Cl2N3. The van der Waals surface area contributed by atoms with Gasteiger partial charge in [0.1, 0.15) is 5.15 Å². The van der Waals surface area contributed by atoms with Crippen LogP contribution in [0.1, 0.15) is 24.5 Å². The lowest BCUT2D eigenvalue weighted by Crippen LogP contribution is -2.02. The van der Waals surface area contributed by atoms with Gasteiger partial charge in [0, 0.05) is 25.5 Å². The number of pyridine rings is 1. The fourth-order valence-corrected chi connectivity index (χ4v) is 2.59. The van der Waals surface area contributed by atoms with E-state index in [1.165, 1.54) is 5.56 Å². The summed E-state index contributed by atoms with van der Waals surface area (Å²) in [5.74, 6) is 0. The molecule has 0 radical (unpaired) electrons. The number of hydrogen-bond acceptors (Lipinski definition) is 2. The van der Waals surface area contributed by atoms with Gasteiger partial charge in [-0.05, 0) is 36.6 Å². The van der Waals surface area contributed by atoms with Crippen molar-refractivity contribution in [2.45, 2.75) is 33.4 Å². The highest BCUT2D eigenvalue weighted by Crippen LogP contribution is 2.26. The molecule has 0 aliphatic rings. The minimum atomic E-state index is 0.415. The molecule has 3 nitrogen and oxygen atoms in total. The summed E-state index contributed by atoms with van der Waals surface area (Å²) in [4.78, 5) is 4.04. The minimum absolute atomic E-state index is 0.415. The molecule has 0 saturated carbocycles. The summed E-state index contributed by atoms with van der Waals surface area (Å²) in [5.41, 5.74) is 3.06. The van der Waals surface area contributed by atoms with Crippen molar-refractivity contribution in [2.75, 3.05) is 5.32 Å². The van der Waals surface area contributed by atoms with E-state index in [-0.39, 0.29) is 0 Å². The smallest absolute Gasteiger partial charge is 0.154 e. The molecule has 0 aliphatic heterocycles. The fourth-order valence-electron chi connectivity index (χ4n) is 1.99. The van der Waals surface area contributed by atoms with Crippen LogP contribution in [0.2, 0.25) is 10.3 Å². The van der Waals surface area contributed by atoms with E-state index < -0.39 is 0 Å². The van der Waals surface area contributed by atoms with Gasteiger partial charge in [0.15, 0.2) is 5.15 Å². The van der Waals surface area contributed by atoms with E-state index in [1.807, 2.05) is 6.92 Å². The molecule has 0 saturated heterocycles. The second-order valence-electron chi connectivity index (χ2n) is 4.54. The topological polar surface area (TPSA) is 29.9 Å². The molecule has 2 aromatic rings. The molecule has 0 aromatic carbocycles. The molecule has 102 valence electrons. The van der Waals surface area contributed by atoms with E-state index in [1.54, 1.807) is 6.07 Å². The third kappa shape index (κ3) is 3.64. The second-order valence-corrected chi connectivity index (χ2v) is 5.28. The molecular weight excluding hydrogens is 281 g/mol. The number of halogens is 2. The Morgan fingerprint density at radius 3 is 2.84 bits per heavy atom. The van der Waals surface area contributed by atoms with Crippen molar-refractivity contribution >= 4 is 28.9 Å². The zero-order valence-corrected chi connectivity index (χ0v) is 12.6. The minimum Gasteiger partial charge on any atom is -0.378 e. The van der Waals surface area contributed by atoms with Crippen LogP contribution < -0.4 is 5.32 Å². The second kappa shape index (κ2) is 6.31. The molecule has 0 atom stereocenters. The molecule has 0 aliphatic carbocycles. The van der Waals surface area contributed by atoms with Crippen LogP contribution in [-0.2, 0) is 13.1 Å². The maximum Gasteiger partial charge on any atom is 0.154 e. The SMILES string of the molecule is CCCn1ccc(CNc2c(C)cc(Cl)nc2Cl)c1. The number of rotatable bonds is 5. The zero-order valence-electron chi connectivity index (χ0n) is 11.1. The van der Waals surface area contributed by atoms with Gasteiger partial charge >= 0.3 is 0 Å². The van der Waals surface area contributed by atoms with Gasteiger partial charge in [-0.3, -0.25) is 0 Å². The summed E-state index contributed by atoms with van der Waals surface area (Å²) in [6.07, 6.45) is 5.37. The van der Waals surface area contributed by atoms with Gasteiger partial charge < -0.3 is 9.88 Å². The summed E-state index contributed by atoms with van der Waals surface area (Å²) in [5, 5.41) is 4.15. The Kier molecular flexibility index (Phi) is 4.72. The monoisotopic (exact) mass is 297 g/mol. The Balaban J connectivity index is 2.05. The summed E-state index contributed by atoms with van der Waals surface area (Å²) in [6.45, 7) is 5.90. The Morgan fingerprint density at radius 2 is 2.16 bits per heavy atom. The number of nitrogens with one attached hydrogen (secondary N) is 1. The molecule has 0 bridgehead atoms. The Labute approximate surface area is 123 Å². The van der Waals surface area contributed by atoms with Gasteiger partial charge in [0.2, 0.25) is 0 Å². The quantitative estimate of drug-likeness (QED) is 0.822. The first kappa shape index (κ1) is 14.2. The van der Waals surface area contributed by atoms with Crippen molar-refractivity contribution in [3.05, 3.63) is 46.0 Å². The first-order valence-corrected chi connectivity index (χ1v) is 7.07. The molecule has 0 amide bonds. The van der Waals surface area contributed by atoms with Gasteiger partial charge in [0.05, 0.1) is 5.69 Å². The normalized spacial score (nSPS) is 10.7. The van der Waals surface area contributed by atoms with Gasteiger partial charge in [-0.15, -0.1) is 0 Å². The van der Waals surface area contributed by atoms with Crippen molar-refractivity contribution < 1.29 is 0 Å². The van der Waals surface area contributed by atoms with Gasteiger partial charge in [-0.25, -0.2) is 4.98 Å². The fraction of sp³-hybridized carbons (Fsp3) is 0.357. The van der Waals surface area contributed by atoms with Gasteiger partial charge in [-0.1, -0.05) is 30.1 Å². The van der Waals surface area contributed by atoms with E-state index >= 15 is 0 Å². The third-order valence-corrected chi connectivity index (χ3v) is 3.37. The number of hydrogen-bond donors (Lipinski definition) is 1. The Morgan fingerprint density at radius 1 is 1.37 bits per heavy atom. The van der Waals surface area contributed by atoms with Crippen LogP contribution in [0.25, 0.3) is 0 Å². The van der Waals surface area contributed by atoms with Gasteiger partial charge in [-0.2, -0.15) is 0 Å². The number of aryl methyl sites for hydroxylation is 2. The summed E-state index contributed by atoms with van der Waals surface area (Å²) in [7, 11) is 0. The molecule has 0 spiro atoms. The van der Waals surface area contributed by atoms with Crippen LogP contribution in [0, 0.1) is 6.92 Å². The van der Waals surface area contributed by atoms with Crippen LogP contribution in [0.4, 0.5) is 5.69 Å². The highest BCUT2D eigenvalue weighted by molar-refractivity contribution is 6.34. The molecule has 2 rings (SSSR count). The van der Waals surface area contributed by atoms with E-state index in [0.717, 1.165) is 30.8 Å². The molecule has 5 heteroatoms. The maximum absolute atomic E-state index is 6.09. The van der Waals surface area contributed by atoms with Gasteiger partial charge in [0.25, 0.3) is 0 Å². The maximum atomic E-state index is 6.09. The first-order valence-electron chi connectivity index (χ1n) is 6.31. The van der Waals surface area contributed by atoms with Crippen molar-refractivity contribution in [3.8, 4) is 0 Å². The van der Waals surface area contributed by atoms with Crippen LogP contribution >= 0.6 is 23.2 Å². The van der Waals surface area contributed by atoms with Crippen molar-refractivity contribution in [1.82, 2.24) is 9.55 Å². The first-order chi connectivity index (χ1) is 9.10. The Hall–Kier alpha value is -1.19. The van der Waals surface area contributed by atoms with Crippen LogP contribution in [0.5, 0.6) is 0 Å². The molecule has 2 aromatic heterocycles. The lowest BCUT2D eigenvalue weighted by atomic mass is 10.2. The highest BCUT2D eigenvalue weighted by atomic mass is 35.5. The lowest BCUT2D eigenvalue weighted by Gasteiger charge is -2.10. The average Bonchev–Trinajstić information content (AvgIpc) is 2.76. The number of anilines is 1. The zero-order chi connectivity index (χ0) is 13.8. The summed E-state index contributed by atoms with van der Waals surface area (Å²) < 4.78 is 2.19. The van der Waals surface area contributed by atoms with E-state index in [2.05, 4.69) is 40.3 Å². The largest absolute Gasteiger partial charge is 0.378 e. The molecule has 0 fully saturated rings. The van der Waals surface area contributed by atoms with Crippen LogP contribution in [0.3, 0.4) is 0 Å². The van der Waals surface area contributed by atoms with Crippen molar-refractivity contribution in [3.63, 3.8) is 0 Å². The van der Waals surface area contributed by atoms with E-state index in [4.69, 9.17) is 23.2 Å².